The highest BCUT2D eigenvalue weighted by atomic mass is 16.5. The monoisotopic (exact) mass is 316 g/mol. The highest BCUT2D eigenvalue weighted by Gasteiger charge is 2.25. The lowest BCUT2D eigenvalue weighted by Gasteiger charge is -2.14. The van der Waals surface area contributed by atoms with E-state index in [4.69, 9.17) is 9.84 Å². The minimum absolute atomic E-state index is 0.371. The van der Waals surface area contributed by atoms with E-state index in [2.05, 4.69) is 16.9 Å². The van der Waals surface area contributed by atoms with Crippen molar-refractivity contribution in [3.8, 4) is 5.75 Å². The quantitative estimate of drug-likeness (QED) is 0.465. The number of hydrogen-bond donors (Lipinski definition) is 2. The zero-order valence-electron chi connectivity index (χ0n) is 13.0. The van der Waals surface area contributed by atoms with Crippen LogP contribution in [0.3, 0.4) is 0 Å². The van der Waals surface area contributed by atoms with Crippen LogP contribution >= 0.6 is 0 Å². The van der Waals surface area contributed by atoms with Crippen LogP contribution in [0.25, 0.3) is 10.9 Å². The Hall–Kier alpha value is -2.34. The molecule has 2 aromatic rings. The number of rotatable bonds is 7. The van der Waals surface area contributed by atoms with Crippen molar-refractivity contribution < 1.29 is 19.4 Å². The van der Waals surface area contributed by atoms with Crippen LogP contribution < -0.4 is 4.74 Å². The molecule has 1 saturated carbocycles. The van der Waals surface area contributed by atoms with Crippen molar-refractivity contribution in [3.05, 3.63) is 30.0 Å². The maximum Gasteiger partial charge on any atom is 0.322 e. The third kappa shape index (κ3) is 3.71. The lowest BCUT2D eigenvalue weighted by Crippen LogP contribution is -2.23. The summed E-state index contributed by atoms with van der Waals surface area (Å²) < 4.78 is 5.16. The molecule has 0 radical (unpaired) electrons. The minimum atomic E-state index is -1.20. The Morgan fingerprint density at radius 3 is 2.87 bits per heavy atom. The van der Waals surface area contributed by atoms with Gasteiger partial charge in [0, 0.05) is 24.2 Å². The van der Waals surface area contributed by atoms with Gasteiger partial charge in [0.1, 0.15) is 6.42 Å². The first-order chi connectivity index (χ1) is 11.0. The second kappa shape index (κ2) is 6.42. The molecule has 2 N–H and O–H groups in total. The number of ether oxygens (including phenoxy) is 1. The molecule has 1 fully saturated rings. The number of carboxylic acids is 1. The van der Waals surface area contributed by atoms with Crippen LogP contribution in [0, 0.1) is 0 Å². The topological polar surface area (TPSA) is 82.6 Å². The fourth-order valence-electron chi connectivity index (χ4n) is 2.75. The van der Waals surface area contributed by atoms with Gasteiger partial charge >= 0.3 is 11.9 Å². The molecule has 0 bridgehead atoms. The number of nitrogens with one attached hydrogen (secondary N) is 1. The Morgan fingerprint density at radius 2 is 2.17 bits per heavy atom. The number of aromatic nitrogens is 1. The van der Waals surface area contributed by atoms with Gasteiger partial charge in [-0.05, 0) is 37.9 Å². The molecular weight excluding hydrogens is 296 g/mol. The fourth-order valence-corrected chi connectivity index (χ4v) is 2.75. The Bertz CT molecular complexity index is 733. The van der Waals surface area contributed by atoms with Gasteiger partial charge in [0.05, 0.1) is 5.52 Å². The summed E-state index contributed by atoms with van der Waals surface area (Å²) in [6.45, 7) is 0.987. The normalized spacial score (nSPS) is 14.3. The maximum atomic E-state index is 11.5. The molecule has 122 valence electrons. The number of benzene rings is 1. The molecule has 1 aromatic heterocycles. The Morgan fingerprint density at radius 1 is 1.39 bits per heavy atom. The van der Waals surface area contributed by atoms with Gasteiger partial charge in [0.25, 0.3) is 0 Å². The highest BCUT2D eigenvalue weighted by molar-refractivity contribution is 5.94. The van der Waals surface area contributed by atoms with Crippen molar-refractivity contribution in [3.63, 3.8) is 0 Å². The molecule has 1 heterocycles. The molecule has 3 rings (SSSR count). The second-order valence-electron chi connectivity index (χ2n) is 6.00. The summed E-state index contributed by atoms with van der Waals surface area (Å²) in [5, 5.41) is 9.65. The van der Waals surface area contributed by atoms with Crippen LogP contribution in [0.1, 0.15) is 24.8 Å². The zero-order chi connectivity index (χ0) is 16.4. The molecular formula is C17H20N2O4. The summed E-state index contributed by atoms with van der Waals surface area (Å²) in [7, 11) is 2.14. The van der Waals surface area contributed by atoms with Gasteiger partial charge in [-0.3, -0.25) is 9.59 Å². The summed E-state index contributed by atoms with van der Waals surface area (Å²) in [5.74, 6) is -1.59. The number of carboxylic acid groups (broad SMARTS) is 1. The Labute approximate surface area is 134 Å². The van der Waals surface area contributed by atoms with Crippen molar-refractivity contribution in [1.29, 1.82) is 0 Å². The van der Waals surface area contributed by atoms with Gasteiger partial charge in [-0.25, -0.2) is 0 Å². The number of carbonyl (C=O) groups is 2. The molecule has 0 unspecified atom stereocenters. The third-order valence-corrected chi connectivity index (χ3v) is 4.19. The largest absolute Gasteiger partial charge is 0.481 e. The van der Waals surface area contributed by atoms with E-state index in [1.807, 2.05) is 18.3 Å². The third-order valence-electron chi connectivity index (χ3n) is 4.19. The first-order valence-corrected chi connectivity index (χ1v) is 7.76. The lowest BCUT2D eigenvalue weighted by atomic mass is 10.1. The molecule has 23 heavy (non-hydrogen) atoms. The van der Waals surface area contributed by atoms with Crippen LogP contribution in [-0.2, 0) is 16.0 Å². The number of aromatic amines is 1. The first kappa shape index (κ1) is 15.6. The fraction of sp³-hybridized carbons (Fsp3) is 0.412. The number of H-pyrrole nitrogens is 1. The van der Waals surface area contributed by atoms with Gasteiger partial charge in [-0.2, -0.15) is 0 Å². The summed E-state index contributed by atoms with van der Waals surface area (Å²) in [6, 6.07) is 6.19. The lowest BCUT2D eigenvalue weighted by molar-refractivity contribution is -0.145. The van der Waals surface area contributed by atoms with Crippen LogP contribution in [0.5, 0.6) is 5.75 Å². The predicted octanol–water partition coefficient (Wildman–Crippen LogP) is 2.18. The highest BCUT2D eigenvalue weighted by Crippen LogP contribution is 2.29. The number of hydrogen-bond acceptors (Lipinski definition) is 4. The molecule has 1 aliphatic carbocycles. The number of nitrogens with zero attached hydrogens (tertiary/aromatic N) is 1. The van der Waals surface area contributed by atoms with Gasteiger partial charge in [-0.1, -0.05) is 12.1 Å². The number of fused-ring (bicyclic) bond motifs is 1. The van der Waals surface area contributed by atoms with Crippen molar-refractivity contribution >= 4 is 22.8 Å². The Kier molecular flexibility index (Phi) is 4.34. The summed E-state index contributed by atoms with van der Waals surface area (Å²) in [6.07, 6.45) is 4.78. The van der Waals surface area contributed by atoms with Gasteiger partial charge in [0.15, 0.2) is 5.75 Å². The van der Waals surface area contributed by atoms with E-state index in [1.165, 1.54) is 18.4 Å². The van der Waals surface area contributed by atoms with Crippen LogP contribution in [0.15, 0.2) is 24.4 Å². The van der Waals surface area contributed by atoms with Crippen molar-refractivity contribution in [2.75, 3.05) is 13.6 Å². The van der Waals surface area contributed by atoms with E-state index in [-0.39, 0.29) is 0 Å². The van der Waals surface area contributed by atoms with E-state index >= 15 is 0 Å². The molecule has 6 nitrogen and oxygen atoms in total. The number of aliphatic carboxylic acids is 1. The summed E-state index contributed by atoms with van der Waals surface area (Å²) in [4.78, 5) is 27.6. The molecule has 0 spiro atoms. The first-order valence-electron chi connectivity index (χ1n) is 7.76. The van der Waals surface area contributed by atoms with E-state index in [1.54, 1.807) is 6.07 Å². The molecule has 0 amide bonds. The average Bonchev–Trinajstić information content (AvgIpc) is 3.25. The predicted molar refractivity (Wildman–Crippen MR) is 85.5 cm³/mol. The minimum Gasteiger partial charge on any atom is -0.481 e. The van der Waals surface area contributed by atoms with Crippen LogP contribution in [0.2, 0.25) is 0 Å². The molecule has 1 aromatic carbocycles. The summed E-state index contributed by atoms with van der Waals surface area (Å²) >= 11 is 0. The molecule has 0 aliphatic heterocycles. The SMILES string of the molecule is CN(CCc1c[nH]c2c(OC(=O)CC(=O)O)cccc12)C1CC1. The second-order valence-corrected chi connectivity index (χ2v) is 6.00. The van der Waals surface area contributed by atoms with E-state index in [0.717, 1.165) is 29.9 Å². The number of para-hydroxylation sites is 1. The zero-order valence-corrected chi connectivity index (χ0v) is 13.0. The smallest absolute Gasteiger partial charge is 0.322 e. The van der Waals surface area contributed by atoms with E-state index in [9.17, 15) is 9.59 Å². The van der Waals surface area contributed by atoms with Gasteiger partial charge < -0.3 is 19.7 Å². The number of esters is 1. The number of likely N-dealkylation sites (N-methyl/N-ethyl adjacent to an activating group) is 1. The molecule has 6 heteroatoms. The molecule has 0 atom stereocenters. The van der Waals surface area contributed by atoms with Crippen LogP contribution in [-0.4, -0.2) is 46.6 Å². The molecule has 1 aliphatic rings. The number of carbonyl (C=O) groups excluding carboxylic acids is 1. The van der Waals surface area contributed by atoms with Crippen LogP contribution in [0.4, 0.5) is 0 Å². The Balaban J connectivity index is 1.73. The summed E-state index contributed by atoms with van der Waals surface area (Å²) in [5.41, 5.74) is 1.90. The maximum absolute atomic E-state index is 11.5. The van der Waals surface area contributed by atoms with Crippen molar-refractivity contribution in [2.24, 2.45) is 0 Å². The van der Waals surface area contributed by atoms with Gasteiger partial charge in [-0.15, -0.1) is 0 Å². The van der Waals surface area contributed by atoms with Crippen molar-refractivity contribution in [2.45, 2.75) is 31.7 Å². The standard InChI is InChI=1S/C17H20N2O4/c1-19(12-5-6-12)8-7-11-10-18-17-13(11)3-2-4-14(17)23-16(22)9-15(20)21/h2-4,10,12,18H,5-9H2,1H3,(H,20,21). The van der Waals surface area contributed by atoms with E-state index < -0.39 is 18.4 Å². The van der Waals surface area contributed by atoms with Gasteiger partial charge in [0.2, 0.25) is 0 Å². The van der Waals surface area contributed by atoms with E-state index in [0.29, 0.717) is 5.75 Å². The van der Waals surface area contributed by atoms with Crippen molar-refractivity contribution in [1.82, 2.24) is 9.88 Å². The average molecular weight is 316 g/mol. The molecule has 0 saturated heterocycles.